The van der Waals surface area contributed by atoms with E-state index in [1.807, 2.05) is 11.9 Å². The van der Waals surface area contributed by atoms with Gasteiger partial charge in [-0.2, -0.15) is 4.98 Å². The Balaban J connectivity index is 2.43. The van der Waals surface area contributed by atoms with Gasteiger partial charge in [0, 0.05) is 20.1 Å². The second kappa shape index (κ2) is 6.09. The molecule has 1 N–H and O–H groups in total. The molecule has 0 amide bonds. The van der Waals surface area contributed by atoms with Crippen molar-refractivity contribution in [2.24, 2.45) is 0 Å². The van der Waals surface area contributed by atoms with Gasteiger partial charge in [-0.1, -0.05) is 5.16 Å². The van der Waals surface area contributed by atoms with Crippen molar-refractivity contribution in [2.75, 3.05) is 27.3 Å². The van der Waals surface area contributed by atoms with Crippen LogP contribution >= 0.6 is 0 Å². The molecule has 0 aliphatic rings. The third-order valence-electron chi connectivity index (χ3n) is 2.10. The van der Waals surface area contributed by atoms with Crippen molar-refractivity contribution in [2.45, 2.75) is 32.4 Å². The van der Waals surface area contributed by atoms with Crippen molar-refractivity contribution in [1.82, 2.24) is 15.0 Å². The highest BCUT2D eigenvalue weighted by Crippen LogP contribution is 2.07. The number of likely N-dealkylation sites (N-methyl/N-ethyl adjacent to an activating group) is 1. The molecular weight excluding hydrogens is 222 g/mol. The van der Waals surface area contributed by atoms with Gasteiger partial charge in [-0.3, -0.25) is 4.90 Å². The molecule has 1 heterocycles. The normalized spacial score (nSPS) is 12.4. The van der Waals surface area contributed by atoms with E-state index in [-0.39, 0.29) is 0 Å². The molecule has 0 atom stereocenters. The molecule has 0 saturated heterocycles. The van der Waals surface area contributed by atoms with E-state index >= 15 is 0 Å². The van der Waals surface area contributed by atoms with Gasteiger partial charge < -0.3 is 14.4 Å². The molecule has 0 spiro atoms. The van der Waals surface area contributed by atoms with E-state index in [0.29, 0.717) is 37.8 Å². The fraction of sp³-hybridized carbons (Fsp3) is 0.818. The highest BCUT2D eigenvalue weighted by Gasteiger charge is 2.17. The number of hydrogen-bond donors (Lipinski definition) is 1. The summed E-state index contributed by atoms with van der Waals surface area (Å²) in [6.45, 7) is 5.19. The summed E-state index contributed by atoms with van der Waals surface area (Å²) in [5.41, 5.74) is -0.729. The Labute approximate surface area is 102 Å². The minimum Gasteiger partial charge on any atom is -0.389 e. The molecule has 0 saturated carbocycles. The topological polar surface area (TPSA) is 71.6 Å². The lowest BCUT2D eigenvalue weighted by Crippen LogP contribution is -2.35. The minimum atomic E-state index is -0.729. The predicted molar refractivity (Wildman–Crippen MR) is 62.5 cm³/mol. The SMILES string of the molecule is COCCc1noc(CN(C)CC(C)(C)O)n1. The molecule has 0 unspecified atom stereocenters. The number of nitrogens with zero attached hydrogens (tertiary/aromatic N) is 3. The van der Waals surface area contributed by atoms with Gasteiger partial charge in [0.1, 0.15) is 0 Å². The van der Waals surface area contributed by atoms with Crippen LogP contribution in [0.4, 0.5) is 0 Å². The first-order chi connectivity index (χ1) is 7.90. The van der Waals surface area contributed by atoms with Crippen LogP contribution in [0.5, 0.6) is 0 Å². The number of hydrogen-bond acceptors (Lipinski definition) is 6. The molecule has 17 heavy (non-hydrogen) atoms. The van der Waals surface area contributed by atoms with Gasteiger partial charge in [0.2, 0.25) is 5.89 Å². The number of ether oxygens (including phenoxy) is 1. The van der Waals surface area contributed by atoms with Crippen molar-refractivity contribution < 1.29 is 14.4 Å². The minimum absolute atomic E-state index is 0.532. The number of methoxy groups -OCH3 is 1. The second-order valence-corrected chi connectivity index (χ2v) is 4.83. The summed E-state index contributed by atoms with van der Waals surface area (Å²) in [4.78, 5) is 6.17. The summed E-state index contributed by atoms with van der Waals surface area (Å²) in [5.74, 6) is 1.21. The maximum Gasteiger partial charge on any atom is 0.240 e. The summed E-state index contributed by atoms with van der Waals surface area (Å²) in [5, 5.41) is 13.5. The van der Waals surface area contributed by atoms with Gasteiger partial charge in [0.15, 0.2) is 5.82 Å². The van der Waals surface area contributed by atoms with Gasteiger partial charge >= 0.3 is 0 Å². The highest BCUT2D eigenvalue weighted by atomic mass is 16.5. The van der Waals surface area contributed by atoms with E-state index in [0.717, 1.165) is 0 Å². The first-order valence-corrected chi connectivity index (χ1v) is 5.62. The molecule has 1 rings (SSSR count). The number of rotatable bonds is 7. The van der Waals surface area contributed by atoms with Crippen LogP contribution in [0.2, 0.25) is 0 Å². The third-order valence-corrected chi connectivity index (χ3v) is 2.10. The Morgan fingerprint density at radius 2 is 2.18 bits per heavy atom. The van der Waals surface area contributed by atoms with Crippen LogP contribution in [-0.2, 0) is 17.7 Å². The molecule has 0 bridgehead atoms. The van der Waals surface area contributed by atoms with Crippen LogP contribution in [-0.4, -0.2) is 53.1 Å². The van der Waals surface area contributed by atoms with Crippen molar-refractivity contribution in [1.29, 1.82) is 0 Å². The fourth-order valence-electron chi connectivity index (χ4n) is 1.60. The monoisotopic (exact) mass is 243 g/mol. The van der Waals surface area contributed by atoms with Gasteiger partial charge in [-0.25, -0.2) is 0 Å². The first kappa shape index (κ1) is 14.1. The van der Waals surface area contributed by atoms with Crippen LogP contribution in [0.15, 0.2) is 4.52 Å². The van der Waals surface area contributed by atoms with Crippen LogP contribution < -0.4 is 0 Å². The molecule has 1 aromatic rings. The molecule has 6 heteroatoms. The maximum atomic E-state index is 9.66. The predicted octanol–water partition coefficient (Wildman–Crippen LogP) is 0.461. The Hall–Kier alpha value is -0.980. The zero-order chi connectivity index (χ0) is 12.9. The van der Waals surface area contributed by atoms with E-state index < -0.39 is 5.60 Å². The molecule has 0 fully saturated rings. The van der Waals surface area contributed by atoms with Crippen LogP contribution in [0, 0.1) is 0 Å². The largest absolute Gasteiger partial charge is 0.389 e. The summed E-state index contributed by atoms with van der Waals surface area (Å²) in [6.07, 6.45) is 0.648. The molecular formula is C11H21N3O3. The average molecular weight is 243 g/mol. The molecule has 0 aliphatic heterocycles. The van der Waals surface area contributed by atoms with E-state index in [1.165, 1.54) is 0 Å². The summed E-state index contributed by atoms with van der Waals surface area (Å²) >= 11 is 0. The Morgan fingerprint density at radius 3 is 2.76 bits per heavy atom. The van der Waals surface area contributed by atoms with Gasteiger partial charge in [-0.15, -0.1) is 0 Å². The molecule has 6 nitrogen and oxygen atoms in total. The number of aliphatic hydroxyl groups is 1. The van der Waals surface area contributed by atoms with Crippen LogP contribution in [0.25, 0.3) is 0 Å². The van der Waals surface area contributed by atoms with Crippen molar-refractivity contribution in [3.63, 3.8) is 0 Å². The first-order valence-electron chi connectivity index (χ1n) is 5.62. The summed E-state index contributed by atoms with van der Waals surface area (Å²) < 4.78 is 10.0. The molecule has 0 aliphatic carbocycles. The molecule has 1 aromatic heterocycles. The second-order valence-electron chi connectivity index (χ2n) is 4.83. The molecule has 0 radical (unpaired) electrons. The standard InChI is InChI=1S/C11H21N3O3/c1-11(2,15)8-14(3)7-10-12-9(13-17-10)5-6-16-4/h15H,5-8H2,1-4H3. The lowest BCUT2D eigenvalue weighted by Gasteiger charge is -2.23. The van der Waals surface area contributed by atoms with Crippen LogP contribution in [0.1, 0.15) is 25.6 Å². The maximum absolute atomic E-state index is 9.66. The van der Waals surface area contributed by atoms with E-state index in [4.69, 9.17) is 9.26 Å². The molecule has 0 aromatic carbocycles. The molecule has 98 valence electrons. The Kier molecular flexibility index (Phi) is 5.04. The van der Waals surface area contributed by atoms with Crippen molar-refractivity contribution in [3.05, 3.63) is 11.7 Å². The smallest absolute Gasteiger partial charge is 0.240 e. The van der Waals surface area contributed by atoms with Crippen LogP contribution in [0.3, 0.4) is 0 Å². The van der Waals surface area contributed by atoms with E-state index in [2.05, 4.69) is 10.1 Å². The highest BCUT2D eigenvalue weighted by molar-refractivity contribution is 4.87. The number of aromatic nitrogens is 2. The quantitative estimate of drug-likeness (QED) is 0.750. The Morgan fingerprint density at radius 1 is 1.47 bits per heavy atom. The van der Waals surface area contributed by atoms with E-state index in [9.17, 15) is 5.11 Å². The lowest BCUT2D eigenvalue weighted by molar-refractivity contribution is 0.0397. The zero-order valence-electron chi connectivity index (χ0n) is 10.9. The van der Waals surface area contributed by atoms with Gasteiger partial charge in [0.25, 0.3) is 0 Å². The summed E-state index contributed by atoms with van der Waals surface area (Å²) in [6, 6.07) is 0. The lowest BCUT2D eigenvalue weighted by atomic mass is 10.1. The van der Waals surface area contributed by atoms with Crippen molar-refractivity contribution >= 4 is 0 Å². The fourth-order valence-corrected chi connectivity index (χ4v) is 1.60. The summed E-state index contributed by atoms with van der Waals surface area (Å²) in [7, 11) is 3.54. The van der Waals surface area contributed by atoms with Gasteiger partial charge in [0.05, 0.1) is 18.8 Å². The average Bonchev–Trinajstić information content (AvgIpc) is 2.59. The Bertz CT molecular complexity index is 333. The van der Waals surface area contributed by atoms with E-state index in [1.54, 1.807) is 21.0 Å². The van der Waals surface area contributed by atoms with Crippen molar-refractivity contribution in [3.8, 4) is 0 Å². The third kappa shape index (κ3) is 5.76. The zero-order valence-corrected chi connectivity index (χ0v) is 10.9. The van der Waals surface area contributed by atoms with Gasteiger partial charge in [-0.05, 0) is 20.9 Å².